The van der Waals surface area contributed by atoms with Gasteiger partial charge < -0.3 is 14.8 Å². The normalized spacial score (nSPS) is 10.6. The fourth-order valence-electron chi connectivity index (χ4n) is 2.58. The molecule has 0 saturated carbocycles. The van der Waals surface area contributed by atoms with Crippen molar-refractivity contribution in [2.75, 3.05) is 12.4 Å². The van der Waals surface area contributed by atoms with Gasteiger partial charge in [-0.1, -0.05) is 35.3 Å². The lowest BCUT2D eigenvalue weighted by Gasteiger charge is -2.15. The molecular formula is C21H17BrCl2FNO2. The second kappa shape index (κ2) is 9.50. The molecule has 3 aromatic rings. The Hall–Kier alpha value is -1.95. The Labute approximate surface area is 181 Å². The first-order chi connectivity index (χ1) is 13.5. The molecule has 3 nitrogen and oxygen atoms in total. The fraction of sp³-hybridized carbons (Fsp3) is 0.143. The van der Waals surface area contributed by atoms with Crippen molar-refractivity contribution in [2.24, 2.45) is 0 Å². The van der Waals surface area contributed by atoms with Gasteiger partial charge in [0, 0.05) is 11.6 Å². The van der Waals surface area contributed by atoms with Crippen LogP contribution in [0.5, 0.6) is 11.5 Å². The molecule has 0 aliphatic rings. The lowest BCUT2D eigenvalue weighted by Crippen LogP contribution is -2.03. The molecular weight excluding hydrogens is 468 g/mol. The highest BCUT2D eigenvalue weighted by Gasteiger charge is 2.12. The second-order valence-electron chi connectivity index (χ2n) is 6.00. The third-order valence-corrected chi connectivity index (χ3v) is 5.14. The summed E-state index contributed by atoms with van der Waals surface area (Å²) in [7, 11) is 1.58. The van der Waals surface area contributed by atoms with E-state index in [0.29, 0.717) is 34.7 Å². The van der Waals surface area contributed by atoms with Crippen molar-refractivity contribution in [3.8, 4) is 11.5 Å². The molecule has 0 aromatic heterocycles. The summed E-state index contributed by atoms with van der Waals surface area (Å²) in [5.41, 5.74) is 2.63. The second-order valence-corrected chi connectivity index (χ2v) is 7.70. The van der Waals surface area contributed by atoms with Crippen LogP contribution in [-0.2, 0) is 13.2 Å². The molecule has 0 aliphatic heterocycles. The highest BCUT2D eigenvalue weighted by Crippen LogP contribution is 2.37. The van der Waals surface area contributed by atoms with Crippen LogP contribution >= 0.6 is 39.1 Å². The Morgan fingerprint density at radius 1 is 1.00 bits per heavy atom. The van der Waals surface area contributed by atoms with Crippen molar-refractivity contribution < 1.29 is 13.9 Å². The topological polar surface area (TPSA) is 30.5 Å². The van der Waals surface area contributed by atoms with Crippen molar-refractivity contribution >= 4 is 44.8 Å². The maximum atomic E-state index is 13.0. The minimum absolute atomic E-state index is 0.278. The van der Waals surface area contributed by atoms with Crippen LogP contribution in [0.25, 0.3) is 0 Å². The quantitative estimate of drug-likeness (QED) is 0.388. The van der Waals surface area contributed by atoms with Gasteiger partial charge in [-0.25, -0.2) is 4.39 Å². The third kappa shape index (κ3) is 5.31. The average Bonchev–Trinajstić information content (AvgIpc) is 2.67. The SMILES string of the molecule is COc1cc(CNc2ccc(Cl)cc2Cl)cc(Br)c1OCc1ccc(F)cc1. The van der Waals surface area contributed by atoms with Crippen LogP contribution in [0.4, 0.5) is 10.1 Å². The van der Waals surface area contributed by atoms with E-state index >= 15 is 0 Å². The Morgan fingerprint density at radius 2 is 1.75 bits per heavy atom. The zero-order chi connectivity index (χ0) is 20.1. The Morgan fingerprint density at radius 3 is 2.43 bits per heavy atom. The molecule has 3 rings (SSSR count). The number of hydrogen-bond donors (Lipinski definition) is 1. The Bertz CT molecular complexity index is 967. The van der Waals surface area contributed by atoms with Gasteiger partial charge >= 0.3 is 0 Å². The van der Waals surface area contributed by atoms with E-state index in [1.54, 1.807) is 31.4 Å². The average molecular weight is 485 g/mol. The number of hydrogen-bond acceptors (Lipinski definition) is 3. The maximum Gasteiger partial charge on any atom is 0.175 e. The van der Waals surface area contributed by atoms with Gasteiger partial charge in [-0.2, -0.15) is 0 Å². The number of ether oxygens (including phenoxy) is 2. The zero-order valence-electron chi connectivity index (χ0n) is 14.9. The summed E-state index contributed by atoms with van der Waals surface area (Å²) in [6, 6.07) is 15.3. The summed E-state index contributed by atoms with van der Waals surface area (Å²) in [6.45, 7) is 0.835. The maximum absolute atomic E-state index is 13.0. The van der Waals surface area contributed by atoms with Crippen LogP contribution in [0.15, 0.2) is 59.1 Å². The van der Waals surface area contributed by atoms with Gasteiger partial charge in [0.1, 0.15) is 12.4 Å². The van der Waals surface area contributed by atoms with Crippen molar-refractivity contribution in [2.45, 2.75) is 13.2 Å². The van der Waals surface area contributed by atoms with Crippen molar-refractivity contribution in [1.29, 1.82) is 0 Å². The van der Waals surface area contributed by atoms with Crippen LogP contribution in [0.3, 0.4) is 0 Å². The molecule has 0 spiro atoms. The number of nitrogens with one attached hydrogen (secondary N) is 1. The van der Waals surface area contributed by atoms with Crippen LogP contribution in [-0.4, -0.2) is 7.11 Å². The molecule has 0 radical (unpaired) electrons. The van der Waals surface area contributed by atoms with Crippen molar-refractivity contribution in [3.63, 3.8) is 0 Å². The minimum Gasteiger partial charge on any atom is -0.493 e. The summed E-state index contributed by atoms with van der Waals surface area (Å²) in [4.78, 5) is 0. The van der Waals surface area contributed by atoms with Crippen LogP contribution < -0.4 is 14.8 Å². The number of rotatable bonds is 7. The lowest BCUT2D eigenvalue weighted by atomic mass is 10.2. The molecule has 0 saturated heterocycles. The summed E-state index contributed by atoms with van der Waals surface area (Å²) in [5.74, 6) is 0.899. The molecule has 0 fully saturated rings. The standard InChI is InChI=1S/C21H17BrCl2FNO2/c1-27-20-9-14(11-26-19-7-4-15(23)10-18(19)24)8-17(22)21(20)28-12-13-2-5-16(25)6-3-13/h2-10,26H,11-12H2,1H3. The van der Waals surface area contributed by atoms with Gasteiger partial charge in [0.15, 0.2) is 11.5 Å². The summed E-state index contributed by atoms with van der Waals surface area (Å²) in [5, 5.41) is 4.41. The predicted octanol–water partition coefficient (Wildman–Crippen LogP) is 7.09. The molecule has 0 unspecified atom stereocenters. The van der Waals surface area contributed by atoms with Gasteiger partial charge in [0.25, 0.3) is 0 Å². The van der Waals surface area contributed by atoms with Gasteiger partial charge in [-0.15, -0.1) is 0 Å². The molecule has 28 heavy (non-hydrogen) atoms. The van der Waals surface area contributed by atoms with E-state index in [1.165, 1.54) is 12.1 Å². The molecule has 0 amide bonds. The monoisotopic (exact) mass is 483 g/mol. The van der Waals surface area contributed by atoms with E-state index in [1.807, 2.05) is 18.2 Å². The molecule has 0 bridgehead atoms. The lowest BCUT2D eigenvalue weighted by molar-refractivity contribution is 0.282. The van der Waals surface area contributed by atoms with E-state index in [0.717, 1.165) is 21.3 Å². The molecule has 146 valence electrons. The highest BCUT2D eigenvalue weighted by molar-refractivity contribution is 9.10. The summed E-state index contributed by atoms with van der Waals surface area (Å²) < 4.78 is 25.1. The smallest absolute Gasteiger partial charge is 0.175 e. The summed E-state index contributed by atoms with van der Waals surface area (Å²) in [6.07, 6.45) is 0. The largest absolute Gasteiger partial charge is 0.493 e. The number of halogens is 4. The zero-order valence-corrected chi connectivity index (χ0v) is 18.0. The van der Waals surface area contributed by atoms with Gasteiger partial charge in [-0.3, -0.25) is 0 Å². The van der Waals surface area contributed by atoms with E-state index in [9.17, 15) is 4.39 Å². The van der Waals surface area contributed by atoms with Crippen LogP contribution in [0, 0.1) is 5.82 Å². The number of methoxy groups -OCH3 is 1. The molecule has 0 heterocycles. The number of anilines is 1. The highest BCUT2D eigenvalue weighted by atomic mass is 79.9. The molecule has 7 heteroatoms. The predicted molar refractivity (Wildman–Crippen MR) is 115 cm³/mol. The number of benzene rings is 3. The molecule has 0 atom stereocenters. The fourth-order valence-corrected chi connectivity index (χ4v) is 3.66. The Balaban J connectivity index is 1.72. The van der Waals surface area contributed by atoms with E-state index in [2.05, 4.69) is 21.2 Å². The Kier molecular flexibility index (Phi) is 7.05. The first-order valence-corrected chi connectivity index (χ1v) is 9.93. The molecule has 0 aliphatic carbocycles. The van der Waals surface area contributed by atoms with Crippen molar-refractivity contribution in [3.05, 3.63) is 86.1 Å². The van der Waals surface area contributed by atoms with Gasteiger partial charge in [-0.05, 0) is 69.5 Å². The van der Waals surface area contributed by atoms with Crippen molar-refractivity contribution in [1.82, 2.24) is 0 Å². The minimum atomic E-state index is -0.278. The van der Waals surface area contributed by atoms with E-state index < -0.39 is 0 Å². The third-order valence-electron chi connectivity index (χ3n) is 4.00. The first kappa shape index (κ1) is 20.8. The first-order valence-electron chi connectivity index (χ1n) is 8.39. The van der Waals surface area contributed by atoms with Gasteiger partial charge in [0.05, 0.1) is 22.3 Å². The molecule has 1 N–H and O–H groups in total. The van der Waals surface area contributed by atoms with Gasteiger partial charge in [0.2, 0.25) is 0 Å². The summed E-state index contributed by atoms with van der Waals surface area (Å²) >= 11 is 15.7. The van der Waals surface area contributed by atoms with Crippen LogP contribution in [0.2, 0.25) is 10.0 Å². The molecule has 3 aromatic carbocycles. The van der Waals surface area contributed by atoms with E-state index in [4.69, 9.17) is 32.7 Å². The van der Waals surface area contributed by atoms with E-state index in [-0.39, 0.29) is 5.82 Å². The van der Waals surface area contributed by atoms with Crippen LogP contribution in [0.1, 0.15) is 11.1 Å².